The summed E-state index contributed by atoms with van der Waals surface area (Å²) in [6.07, 6.45) is 0.423. The second-order valence-electron chi connectivity index (χ2n) is 8.87. The molecule has 0 atom stereocenters. The van der Waals surface area contributed by atoms with Crippen LogP contribution in [0.5, 0.6) is 0 Å². The van der Waals surface area contributed by atoms with Crippen molar-refractivity contribution >= 4 is 11.7 Å². The van der Waals surface area contributed by atoms with Gasteiger partial charge in [0.2, 0.25) is 0 Å². The first-order valence-electron chi connectivity index (χ1n) is 11.6. The van der Waals surface area contributed by atoms with Crippen LogP contribution < -0.4 is 0 Å². The standard InChI is InChI=1S/C14H9F3O2.C14H17N4/c15-14(16,17)10-7-5-9(6-8-10)11-3-1-2-4-12(11)13(18)19;1-17-10-16-7-14(17)9-18-5-4-11-6-13(15)3-2-12(11)8-18/h1-8H,(H,18,19);2-3,6-7,10,15H,4-5,8-9H2,1H3/q;-1. The van der Waals surface area contributed by atoms with Gasteiger partial charge >= 0.3 is 12.1 Å². The lowest BCUT2D eigenvalue weighted by Crippen LogP contribution is -2.30. The molecule has 0 amide bonds. The summed E-state index contributed by atoms with van der Waals surface area (Å²) in [5.74, 6) is -1.12. The zero-order chi connectivity index (χ0) is 26.6. The average molecular weight is 508 g/mol. The van der Waals surface area contributed by atoms with Crippen LogP contribution in [0.25, 0.3) is 16.9 Å². The van der Waals surface area contributed by atoms with Gasteiger partial charge in [0.15, 0.2) is 0 Å². The van der Waals surface area contributed by atoms with Crippen LogP contribution in [0.3, 0.4) is 0 Å². The Morgan fingerprint density at radius 1 is 1.05 bits per heavy atom. The summed E-state index contributed by atoms with van der Waals surface area (Å²) >= 11 is 0. The Morgan fingerprint density at radius 3 is 2.43 bits per heavy atom. The minimum absolute atomic E-state index is 0.0576. The molecule has 2 heterocycles. The van der Waals surface area contributed by atoms with E-state index in [-0.39, 0.29) is 5.56 Å². The van der Waals surface area contributed by atoms with Crippen LogP contribution in [0, 0.1) is 0 Å². The molecule has 0 radical (unpaired) electrons. The quantitative estimate of drug-likeness (QED) is 0.332. The Morgan fingerprint density at radius 2 is 1.78 bits per heavy atom. The average Bonchev–Trinajstić information content (AvgIpc) is 3.28. The number of carboxylic acids is 1. The lowest BCUT2D eigenvalue weighted by atomic mass is 9.99. The molecule has 3 aromatic carbocycles. The summed E-state index contributed by atoms with van der Waals surface area (Å²) < 4.78 is 39.4. The number of imidazole rings is 1. The molecule has 9 heteroatoms. The van der Waals surface area contributed by atoms with Crippen LogP contribution in [0.1, 0.15) is 32.7 Å². The number of halogens is 3. The number of rotatable bonds is 4. The number of carbonyl (C=O) groups is 1. The van der Waals surface area contributed by atoms with Gasteiger partial charge in [0, 0.05) is 32.9 Å². The number of nitrogens with one attached hydrogen (secondary N) is 1. The first-order valence-corrected chi connectivity index (χ1v) is 11.6. The zero-order valence-corrected chi connectivity index (χ0v) is 20.2. The maximum atomic E-state index is 12.4. The summed E-state index contributed by atoms with van der Waals surface area (Å²) in [5, 5.41) is 9.03. The number of benzene rings is 3. The van der Waals surface area contributed by atoms with Crippen LogP contribution in [0.2, 0.25) is 0 Å². The van der Waals surface area contributed by atoms with Crippen molar-refractivity contribution in [1.29, 1.82) is 0 Å². The number of aromatic nitrogens is 2. The van der Waals surface area contributed by atoms with E-state index in [9.17, 15) is 18.0 Å². The van der Waals surface area contributed by atoms with Gasteiger partial charge in [0.05, 0.1) is 23.1 Å². The third-order valence-corrected chi connectivity index (χ3v) is 6.28. The minimum Gasteiger partial charge on any atom is -0.699 e. The molecule has 2 N–H and O–H groups in total. The van der Waals surface area contributed by atoms with Crippen molar-refractivity contribution in [3.8, 4) is 11.1 Å². The maximum absolute atomic E-state index is 12.4. The van der Waals surface area contributed by atoms with E-state index in [2.05, 4.69) is 20.5 Å². The van der Waals surface area contributed by atoms with E-state index in [1.54, 1.807) is 18.2 Å². The van der Waals surface area contributed by atoms with Gasteiger partial charge in [-0.05, 0) is 46.9 Å². The smallest absolute Gasteiger partial charge is 0.416 e. The molecule has 37 heavy (non-hydrogen) atoms. The molecule has 0 unspecified atom stereocenters. The third kappa shape index (κ3) is 6.37. The van der Waals surface area contributed by atoms with Crippen LogP contribution in [-0.4, -0.2) is 32.1 Å². The fraction of sp³-hybridized carbons (Fsp3) is 0.214. The molecule has 0 bridgehead atoms. The highest BCUT2D eigenvalue weighted by Crippen LogP contribution is 2.32. The number of carboxylic acid groups (broad SMARTS) is 1. The van der Waals surface area contributed by atoms with Crippen LogP contribution in [0.15, 0.2) is 79.3 Å². The molecule has 0 fully saturated rings. The Bertz CT molecular complexity index is 1380. The monoisotopic (exact) mass is 507 g/mol. The summed E-state index contributed by atoms with van der Waals surface area (Å²) in [6.45, 7) is 2.97. The van der Waals surface area contributed by atoms with Crippen molar-refractivity contribution in [3.05, 3.63) is 113 Å². The number of alkyl halides is 3. The number of aryl methyl sites for hydroxylation is 1. The predicted molar refractivity (Wildman–Crippen MR) is 135 cm³/mol. The molecule has 5 rings (SSSR count). The Kier molecular flexibility index (Phi) is 7.63. The van der Waals surface area contributed by atoms with Crippen LogP contribution in [-0.2, 0) is 32.7 Å². The highest BCUT2D eigenvalue weighted by Gasteiger charge is 2.30. The van der Waals surface area contributed by atoms with Gasteiger partial charge in [0.1, 0.15) is 0 Å². The molecule has 0 aliphatic carbocycles. The number of hydrogen-bond acceptors (Lipinski definition) is 3. The molecule has 192 valence electrons. The number of fused-ring (bicyclic) bond motifs is 1. The molecular formula is C28H26F3N4O2-. The van der Waals surface area contributed by atoms with Gasteiger partial charge in [-0.25, -0.2) is 9.78 Å². The van der Waals surface area contributed by atoms with E-state index in [0.29, 0.717) is 16.8 Å². The first-order chi connectivity index (χ1) is 17.6. The molecule has 0 saturated carbocycles. The lowest BCUT2D eigenvalue weighted by molar-refractivity contribution is -0.137. The van der Waals surface area contributed by atoms with Gasteiger partial charge in [-0.1, -0.05) is 48.5 Å². The van der Waals surface area contributed by atoms with E-state index >= 15 is 0 Å². The molecule has 1 aliphatic rings. The zero-order valence-electron chi connectivity index (χ0n) is 20.2. The van der Waals surface area contributed by atoms with E-state index in [4.69, 9.17) is 10.8 Å². The van der Waals surface area contributed by atoms with Crippen LogP contribution in [0.4, 0.5) is 18.9 Å². The molecule has 1 aliphatic heterocycles. The molecule has 4 aromatic rings. The van der Waals surface area contributed by atoms with E-state index < -0.39 is 17.7 Å². The SMILES string of the molecule is Cn1cncc1CN1CCc2cc([NH-])ccc2C1.O=C(O)c1ccccc1-c1ccc(C(F)(F)F)cc1. The second-order valence-corrected chi connectivity index (χ2v) is 8.87. The van der Waals surface area contributed by atoms with Gasteiger partial charge in [-0.15, -0.1) is 5.69 Å². The summed E-state index contributed by atoms with van der Waals surface area (Å²) in [4.78, 5) is 17.6. The molecule has 6 nitrogen and oxygen atoms in total. The Labute approximate surface area is 212 Å². The minimum atomic E-state index is -4.40. The van der Waals surface area contributed by atoms with Crippen molar-refractivity contribution in [2.75, 3.05) is 6.54 Å². The second kappa shape index (κ2) is 10.9. The van der Waals surface area contributed by atoms with Crippen molar-refractivity contribution < 1.29 is 23.1 Å². The molecule has 0 spiro atoms. The highest BCUT2D eigenvalue weighted by molar-refractivity contribution is 5.96. The largest absolute Gasteiger partial charge is 0.699 e. The Balaban J connectivity index is 0.000000173. The van der Waals surface area contributed by atoms with Crippen molar-refractivity contribution in [2.45, 2.75) is 25.7 Å². The number of nitrogens with zero attached hydrogens (tertiary/aromatic N) is 3. The lowest BCUT2D eigenvalue weighted by Gasteiger charge is -2.29. The molecule has 1 aromatic heterocycles. The van der Waals surface area contributed by atoms with Gasteiger partial charge in [0.25, 0.3) is 0 Å². The summed E-state index contributed by atoms with van der Waals surface area (Å²) in [6, 6.07) is 16.6. The topological polar surface area (TPSA) is 82.2 Å². The fourth-order valence-corrected chi connectivity index (χ4v) is 4.27. The highest BCUT2D eigenvalue weighted by atomic mass is 19.4. The Hall–Kier alpha value is -4.11. The van der Waals surface area contributed by atoms with E-state index in [1.165, 1.54) is 35.0 Å². The molecular weight excluding hydrogens is 481 g/mol. The van der Waals surface area contributed by atoms with Crippen LogP contribution >= 0.6 is 0 Å². The van der Waals surface area contributed by atoms with Gasteiger partial charge in [-0.2, -0.15) is 13.2 Å². The third-order valence-electron chi connectivity index (χ3n) is 6.28. The van der Waals surface area contributed by atoms with Crippen molar-refractivity contribution in [3.63, 3.8) is 0 Å². The van der Waals surface area contributed by atoms with Crippen molar-refractivity contribution in [1.82, 2.24) is 14.5 Å². The number of aromatic carboxylic acids is 1. The maximum Gasteiger partial charge on any atom is 0.416 e. The summed E-state index contributed by atoms with van der Waals surface area (Å²) in [5.41, 5.74) is 12.3. The normalized spacial score (nSPS) is 13.4. The predicted octanol–water partition coefficient (Wildman–Crippen LogP) is 6.73. The summed E-state index contributed by atoms with van der Waals surface area (Å²) in [7, 11) is 2.03. The first kappa shape index (κ1) is 26.0. The molecule has 0 saturated heterocycles. The van der Waals surface area contributed by atoms with Gasteiger partial charge < -0.3 is 15.4 Å². The van der Waals surface area contributed by atoms with E-state index in [0.717, 1.165) is 38.2 Å². The van der Waals surface area contributed by atoms with Crippen molar-refractivity contribution in [2.24, 2.45) is 7.05 Å². The fourth-order valence-electron chi connectivity index (χ4n) is 4.27. The number of hydrogen-bond donors (Lipinski definition) is 1. The van der Waals surface area contributed by atoms with E-state index in [1.807, 2.05) is 31.7 Å². The van der Waals surface area contributed by atoms with Gasteiger partial charge in [-0.3, -0.25) is 4.90 Å².